The average Bonchev–Trinajstić information content (AvgIpc) is 3.27. The van der Waals surface area contributed by atoms with Crippen LogP contribution in [0.3, 0.4) is 0 Å². The SMILES string of the molecule is O=S1(=O)CCCC(NCc2ccc(OCC3CC3)cc2)C1. The summed E-state index contributed by atoms with van der Waals surface area (Å²) in [4.78, 5) is 0. The quantitative estimate of drug-likeness (QED) is 0.875. The van der Waals surface area contributed by atoms with Crippen LogP contribution < -0.4 is 10.1 Å². The minimum absolute atomic E-state index is 0.0922. The number of ether oxygens (including phenoxy) is 1. The Labute approximate surface area is 126 Å². The van der Waals surface area contributed by atoms with E-state index >= 15 is 0 Å². The molecule has 116 valence electrons. The van der Waals surface area contributed by atoms with Crippen molar-refractivity contribution in [2.24, 2.45) is 5.92 Å². The van der Waals surface area contributed by atoms with E-state index in [0.717, 1.165) is 36.7 Å². The summed E-state index contributed by atoms with van der Waals surface area (Å²) in [5.41, 5.74) is 1.16. The van der Waals surface area contributed by atoms with Gasteiger partial charge in [-0.25, -0.2) is 8.42 Å². The van der Waals surface area contributed by atoms with Crippen molar-refractivity contribution in [1.82, 2.24) is 5.32 Å². The Morgan fingerprint density at radius 2 is 1.90 bits per heavy atom. The van der Waals surface area contributed by atoms with Gasteiger partial charge in [0, 0.05) is 12.6 Å². The van der Waals surface area contributed by atoms with E-state index in [2.05, 4.69) is 5.32 Å². The van der Waals surface area contributed by atoms with Crippen LogP contribution >= 0.6 is 0 Å². The summed E-state index contributed by atoms with van der Waals surface area (Å²) in [7, 11) is -2.84. The Balaban J connectivity index is 1.46. The molecule has 1 saturated heterocycles. The average molecular weight is 309 g/mol. The molecule has 1 heterocycles. The first kappa shape index (κ1) is 14.9. The zero-order chi connectivity index (χ0) is 14.7. The molecule has 0 aromatic heterocycles. The highest BCUT2D eigenvalue weighted by molar-refractivity contribution is 7.91. The van der Waals surface area contributed by atoms with Gasteiger partial charge in [-0.3, -0.25) is 0 Å². The van der Waals surface area contributed by atoms with Crippen molar-refractivity contribution in [2.45, 2.75) is 38.3 Å². The molecule has 0 amide bonds. The molecule has 1 saturated carbocycles. The van der Waals surface area contributed by atoms with E-state index in [-0.39, 0.29) is 11.8 Å². The lowest BCUT2D eigenvalue weighted by atomic mass is 10.1. The van der Waals surface area contributed by atoms with Gasteiger partial charge >= 0.3 is 0 Å². The number of rotatable bonds is 6. The number of hydrogen-bond donors (Lipinski definition) is 1. The van der Waals surface area contributed by atoms with E-state index in [0.29, 0.717) is 12.3 Å². The molecule has 1 aromatic rings. The fraction of sp³-hybridized carbons (Fsp3) is 0.625. The second-order valence-electron chi connectivity index (χ2n) is 6.23. The minimum Gasteiger partial charge on any atom is -0.493 e. The Morgan fingerprint density at radius 3 is 2.57 bits per heavy atom. The van der Waals surface area contributed by atoms with Gasteiger partial charge in [-0.05, 0) is 49.3 Å². The highest BCUT2D eigenvalue weighted by Crippen LogP contribution is 2.29. The van der Waals surface area contributed by atoms with Gasteiger partial charge < -0.3 is 10.1 Å². The fourth-order valence-corrected chi connectivity index (χ4v) is 4.32. The van der Waals surface area contributed by atoms with Crippen LogP contribution in [-0.4, -0.2) is 32.6 Å². The lowest BCUT2D eigenvalue weighted by molar-refractivity contribution is 0.299. The van der Waals surface area contributed by atoms with Crippen molar-refractivity contribution in [3.8, 4) is 5.75 Å². The zero-order valence-corrected chi connectivity index (χ0v) is 13.1. The third-order valence-corrected chi connectivity index (χ3v) is 5.98. The molecule has 1 aliphatic heterocycles. The van der Waals surface area contributed by atoms with Gasteiger partial charge in [0.15, 0.2) is 9.84 Å². The van der Waals surface area contributed by atoms with Crippen molar-refractivity contribution in [2.75, 3.05) is 18.1 Å². The number of nitrogens with one attached hydrogen (secondary N) is 1. The summed E-state index contributed by atoms with van der Waals surface area (Å²) in [6.07, 6.45) is 4.31. The van der Waals surface area contributed by atoms with E-state index in [4.69, 9.17) is 4.74 Å². The Kier molecular flexibility index (Phi) is 4.50. The highest BCUT2D eigenvalue weighted by Gasteiger charge is 2.24. The summed E-state index contributed by atoms with van der Waals surface area (Å²) in [5, 5.41) is 3.35. The lowest BCUT2D eigenvalue weighted by Gasteiger charge is -2.23. The largest absolute Gasteiger partial charge is 0.493 e. The first-order chi connectivity index (χ1) is 10.1. The van der Waals surface area contributed by atoms with Crippen LogP contribution in [0.4, 0.5) is 0 Å². The molecule has 1 aliphatic carbocycles. The maximum absolute atomic E-state index is 11.6. The number of benzene rings is 1. The molecular weight excluding hydrogens is 286 g/mol. The molecule has 0 bridgehead atoms. The first-order valence-corrected chi connectivity index (χ1v) is 9.58. The van der Waals surface area contributed by atoms with Crippen LogP contribution in [-0.2, 0) is 16.4 Å². The summed E-state index contributed by atoms with van der Waals surface area (Å²) in [5.74, 6) is 2.30. The van der Waals surface area contributed by atoms with Crippen LogP contribution in [0.25, 0.3) is 0 Å². The van der Waals surface area contributed by atoms with Gasteiger partial charge in [-0.2, -0.15) is 0 Å². The Morgan fingerprint density at radius 1 is 1.14 bits per heavy atom. The third kappa shape index (κ3) is 4.71. The molecule has 0 spiro atoms. The van der Waals surface area contributed by atoms with Crippen molar-refractivity contribution in [1.29, 1.82) is 0 Å². The summed E-state index contributed by atoms with van der Waals surface area (Å²) >= 11 is 0. The molecule has 1 N–H and O–H groups in total. The zero-order valence-electron chi connectivity index (χ0n) is 12.3. The molecule has 1 aromatic carbocycles. The second kappa shape index (κ2) is 6.36. The molecule has 2 fully saturated rings. The maximum atomic E-state index is 11.6. The van der Waals surface area contributed by atoms with E-state index in [1.165, 1.54) is 12.8 Å². The van der Waals surface area contributed by atoms with E-state index in [9.17, 15) is 8.42 Å². The summed E-state index contributed by atoms with van der Waals surface area (Å²) in [6.45, 7) is 1.54. The topological polar surface area (TPSA) is 55.4 Å². The Bertz CT molecular complexity index is 564. The van der Waals surface area contributed by atoms with Crippen LogP contribution in [0.2, 0.25) is 0 Å². The lowest BCUT2D eigenvalue weighted by Crippen LogP contribution is -2.39. The van der Waals surface area contributed by atoms with Gasteiger partial charge in [-0.15, -0.1) is 0 Å². The van der Waals surface area contributed by atoms with Crippen LogP contribution in [0, 0.1) is 5.92 Å². The summed E-state index contributed by atoms with van der Waals surface area (Å²) < 4.78 is 28.9. The second-order valence-corrected chi connectivity index (χ2v) is 8.46. The van der Waals surface area contributed by atoms with Gasteiger partial charge in [0.05, 0.1) is 18.1 Å². The van der Waals surface area contributed by atoms with Crippen LogP contribution in [0.5, 0.6) is 5.75 Å². The third-order valence-electron chi connectivity index (χ3n) is 4.16. The van der Waals surface area contributed by atoms with Crippen molar-refractivity contribution in [3.63, 3.8) is 0 Å². The molecular formula is C16H23NO3S. The number of sulfone groups is 1. The smallest absolute Gasteiger partial charge is 0.151 e. The minimum atomic E-state index is -2.84. The van der Waals surface area contributed by atoms with Crippen molar-refractivity contribution in [3.05, 3.63) is 29.8 Å². The van der Waals surface area contributed by atoms with Gasteiger partial charge in [0.1, 0.15) is 5.75 Å². The molecule has 21 heavy (non-hydrogen) atoms. The van der Waals surface area contributed by atoms with Gasteiger partial charge in [0.25, 0.3) is 0 Å². The molecule has 0 radical (unpaired) electrons. The van der Waals surface area contributed by atoms with E-state index < -0.39 is 9.84 Å². The van der Waals surface area contributed by atoms with Crippen molar-refractivity contribution < 1.29 is 13.2 Å². The van der Waals surface area contributed by atoms with Gasteiger partial charge in [-0.1, -0.05) is 12.1 Å². The fourth-order valence-electron chi connectivity index (χ4n) is 2.65. The van der Waals surface area contributed by atoms with Crippen LogP contribution in [0.1, 0.15) is 31.2 Å². The monoisotopic (exact) mass is 309 g/mol. The van der Waals surface area contributed by atoms with Crippen molar-refractivity contribution >= 4 is 9.84 Å². The molecule has 4 nitrogen and oxygen atoms in total. The van der Waals surface area contributed by atoms with Gasteiger partial charge in [0.2, 0.25) is 0 Å². The number of hydrogen-bond acceptors (Lipinski definition) is 4. The Hall–Kier alpha value is -1.07. The van der Waals surface area contributed by atoms with E-state index in [1.807, 2.05) is 24.3 Å². The first-order valence-electron chi connectivity index (χ1n) is 7.76. The summed E-state index contributed by atoms with van der Waals surface area (Å²) in [6, 6.07) is 8.18. The predicted octanol–water partition coefficient (Wildman–Crippen LogP) is 2.14. The molecule has 1 unspecified atom stereocenters. The normalized spacial score (nSPS) is 24.7. The molecule has 1 atom stereocenters. The predicted molar refractivity (Wildman–Crippen MR) is 83.2 cm³/mol. The maximum Gasteiger partial charge on any atom is 0.151 e. The van der Waals surface area contributed by atoms with Crippen LogP contribution in [0.15, 0.2) is 24.3 Å². The highest BCUT2D eigenvalue weighted by atomic mass is 32.2. The molecule has 2 aliphatic rings. The standard InChI is InChI=1S/C16H23NO3S/c18-21(19)9-1-2-15(12-21)17-10-13-5-7-16(8-6-13)20-11-14-3-4-14/h5-8,14-15,17H,1-4,9-12H2. The molecule has 3 rings (SSSR count). The van der Waals surface area contributed by atoms with E-state index in [1.54, 1.807) is 0 Å². The molecule has 5 heteroatoms.